The predicted molar refractivity (Wildman–Crippen MR) is 136 cm³/mol. The Morgan fingerprint density at radius 1 is 1.21 bits per heavy atom. The van der Waals surface area contributed by atoms with Crippen LogP contribution in [0.2, 0.25) is 0 Å². The van der Waals surface area contributed by atoms with Gasteiger partial charge in [0.15, 0.2) is 5.16 Å². The average Bonchev–Trinajstić information content (AvgIpc) is 3.45. The highest BCUT2D eigenvalue weighted by Gasteiger charge is 2.17. The summed E-state index contributed by atoms with van der Waals surface area (Å²) in [7, 11) is 0. The summed E-state index contributed by atoms with van der Waals surface area (Å²) in [4.78, 5) is 33.4. The highest BCUT2D eigenvalue weighted by Crippen LogP contribution is 2.34. The maximum Gasteiger partial charge on any atom is 0.260 e. The molecule has 0 saturated heterocycles. The van der Waals surface area contributed by atoms with Gasteiger partial charge in [-0.25, -0.2) is 4.98 Å². The lowest BCUT2D eigenvalue weighted by molar-refractivity contribution is -0.113. The third-order valence-corrected chi connectivity index (χ3v) is 8.49. The van der Waals surface area contributed by atoms with E-state index < -0.39 is 0 Å². The van der Waals surface area contributed by atoms with Crippen LogP contribution in [0.5, 0.6) is 0 Å². The molecule has 0 spiro atoms. The van der Waals surface area contributed by atoms with Gasteiger partial charge in [-0.2, -0.15) is 0 Å². The Hall–Kier alpha value is -2.56. The van der Waals surface area contributed by atoms with E-state index in [1.54, 1.807) is 0 Å². The molecule has 0 atom stereocenters. The topological polar surface area (TPSA) is 101 Å². The van der Waals surface area contributed by atoms with Crippen molar-refractivity contribution < 1.29 is 4.79 Å². The predicted octanol–water partition coefficient (Wildman–Crippen LogP) is 5.24. The number of nitrogens with one attached hydrogen (secondary N) is 2. The first kappa shape index (κ1) is 22.2. The molecule has 1 amide bonds. The van der Waals surface area contributed by atoms with E-state index in [-0.39, 0.29) is 23.1 Å². The number of thiophene rings is 1. The summed E-state index contributed by atoms with van der Waals surface area (Å²) >= 11 is 4.02. The average molecular weight is 498 g/mol. The SMILES string of the molecule is CC(C)c1nnc(NC(=O)CSc2nc3scc(-c4ccc5c(c4)CCCC5)c3c(=O)[nH]2)s1. The number of anilines is 1. The fourth-order valence-electron chi connectivity index (χ4n) is 3.92. The number of carbonyl (C=O) groups excluding carboxylic acids is 1. The van der Waals surface area contributed by atoms with Crippen molar-refractivity contribution in [1.29, 1.82) is 0 Å². The lowest BCUT2D eigenvalue weighted by Gasteiger charge is -2.16. The molecule has 0 aliphatic heterocycles. The zero-order valence-electron chi connectivity index (χ0n) is 18.3. The molecule has 0 unspecified atom stereocenters. The van der Waals surface area contributed by atoms with E-state index in [9.17, 15) is 9.59 Å². The van der Waals surface area contributed by atoms with E-state index in [1.165, 1.54) is 58.4 Å². The number of H-pyrrole nitrogens is 1. The summed E-state index contributed by atoms with van der Waals surface area (Å²) in [5.41, 5.74) is 4.61. The van der Waals surface area contributed by atoms with E-state index in [2.05, 4.69) is 43.7 Å². The number of carbonyl (C=O) groups is 1. The lowest BCUT2D eigenvalue weighted by Crippen LogP contribution is -2.15. The molecule has 3 heterocycles. The van der Waals surface area contributed by atoms with Crippen molar-refractivity contribution in [2.24, 2.45) is 0 Å². The number of aryl methyl sites for hydroxylation is 2. The molecule has 1 aliphatic carbocycles. The molecule has 170 valence electrons. The molecule has 7 nitrogen and oxygen atoms in total. The van der Waals surface area contributed by atoms with Gasteiger partial charge in [0.1, 0.15) is 9.84 Å². The Labute approximate surface area is 203 Å². The van der Waals surface area contributed by atoms with Crippen LogP contribution in [-0.4, -0.2) is 31.8 Å². The Morgan fingerprint density at radius 3 is 2.82 bits per heavy atom. The molecule has 1 aliphatic rings. The highest BCUT2D eigenvalue weighted by molar-refractivity contribution is 7.99. The molecule has 0 bridgehead atoms. The number of fused-ring (bicyclic) bond motifs is 2. The smallest absolute Gasteiger partial charge is 0.260 e. The second-order valence-electron chi connectivity index (χ2n) is 8.33. The van der Waals surface area contributed by atoms with E-state index in [4.69, 9.17) is 0 Å². The number of nitrogens with zero attached hydrogens (tertiary/aromatic N) is 3. The third kappa shape index (κ3) is 4.73. The minimum atomic E-state index is -0.213. The summed E-state index contributed by atoms with van der Waals surface area (Å²) in [6, 6.07) is 6.52. The van der Waals surface area contributed by atoms with Crippen LogP contribution in [0.3, 0.4) is 0 Å². The number of hydrogen-bond acceptors (Lipinski definition) is 8. The lowest BCUT2D eigenvalue weighted by atomic mass is 9.89. The second kappa shape index (κ2) is 9.36. The minimum absolute atomic E-state index is 0.119. The molecule has 3 aromatic heterocycles. The number of aromatic amines is 1. The van der Waals surface area contributed by atoms with Gasteiger partial charge in [-0.05, 0) is 42.4 Å². The highest BCUT2D eigenvalue weighted by atomic mass is 32.2. The quantitative estimate of drug-likeness (QED) is 0.279. The molecule has 0 radical (unpaired) electrons. The van der Waals surface area contributed by atoms with Crippen LogP contribution in [0, 0.1) is 0 Å². The monoisotopic (exact) mass is 497 g/mol. The fraction of sp³-hybridized carbons (Fsp3) is 0.348. The van der Waals surface area contributed by atoms with Gasteiger partial charge in [0.05, 0.1) is 11.1 Å². The summed E-state index contributed by atoms with van der Waals surface area (Å²) in [6.07, 6.45) is 4.69. The van der Waals surface area contributed by atoms with Crippen LogP contribution in [0.1, 0.15) is 48.7 Å². The first-order chi connectivity index (χ1) is 16.0. The van der Waals surface area contributed by atoms with Gasteiger partial charge in [0.25, 0.3) is 5.56 Å². The first-order valence-electron chi connectivity index (χ1n) is 10.9. The molecule has 2 N–H and O–H groups in total. The van der Waals surface area contributed by atoms with Crippen molar-refractivity contribution >= 4 is 55.7 Å². The van der Waals surface area contributed by atoms with Crippen molar-refractivity contribution in [2.75, 3.05) is 11.1 Å². The molecule has 33 heavy (non-hydrogen) atoms. The number of benzene rings is 1. The first-order valence-corrected chi connectivity index (χ1v) is 13.6. The Morgan fingerprint density at radius 2 is 2.03 bits per heavy atom. The number of hydrogen-bond donors (Lipinski definition) is 2. The molecular weight excluding hydrogens is 474 g/mol. The van der Waals surface area contributed by atoms with Crippen LogP contribution in [0.15, 0.2) is 33.5 Å². The summed E-state index contributed by atoms with van der Waals surface area (Å²) in [5, 5.41) is 15.2. The molecule has 0 fully saturated rings. The largest absolute Gasteiger partial charge is 0.301 e. The zero-order valence-corrected chi connectivity index (χ0v) is 20.8. The van der Waals surface area contributed by atoms with Gasteiger partial charge in [-0.1, -0.05) is 55.1 Å². The van der Waals surface area contributed by atoms with Crippen molar-refractivity contribution in [1.82, 2.24) is 20.2 Å². The van der Waals surface area contributed by atoms with Crippen LogP contribution >= 0.6 is 34.4 Å². The van der Waals surface area contributed by atoms with Gasteiger partial charge in [-0.3, -0.25) is 14.9 Å². The van der Waals surface area contributed by atoms with Crippen LogP contribution in [-0.2, 0) is 17.6 Å². The Kier molecular flexibility index (Phi) is 6.31. The van der Waals surface area contributed by atoms with Gasteiger partial charge in [-0.15, -0.1) is 21.5 Å². The Balaban J connectivity index is 1.32. The minimum Gasteiger partial charge on any atom is -0.301 e. The molecule has 10 heteroatoms. The van der Waals surface area contributed by atoms with E-state index in [1.807, 2.05) is 19.2 Å². The van der Waals surface area contributed by atoms with Gasteiger partial charge in [0, 0.05) is 16.9 Å². The fourth-order valence-corrected chi connectivity index (χ4v) is 6.35. The van der Waals surface area contributed by atoms with Crippen molar-refractivity contribution in [3.63, 3.8) is 0 Å². The molecule has 1 aromatic carbocycles. The van der Waals surface area contributed by atoms with Crippen LogP contribution in [0.4, 0.5) is 5.13 Å². The van der Waals surface area contributed by atoms with Gasteiger partial charge >= 0.3 is 0 Å². The molecule has 0 saturated carbocycles. The second-order valence-corrected chi connectivity index (χ2v) is 11.2. The zero-order chi connectivity index (χ0) is 22.9. The standard InChI is InChI=1S/C23H23N5O2S3/c1-12(2)20-27-28-23(33-20)24-17(29)11-32-22-25-19(30)18-16(10-31-21(18)26-22)15-8-7-13-5-3-4-6-14(13)9-15/h7-10,12H,3-6,11H2,1-2H3,(H,24,28,29)(H,25,26,30). The summed E-state index contributed by atoms with van der Waals surface area (Å²) in [5.74, 6) is 0.171. The number of amides is 1. The summed E-state index contributed by atoms with van der Waals surface area (Å²) in [6.45, 7) is 4.06. The normalized spacial score (nSPS) is 13.4. The van der Waals surface area contributed by atoms with E-state index in [0.717, 1.165) is 29.0 Å². The molecule has 4 aromatic rings. The van der Waals surface area contributed by atoms with Gasteiger partial charge in [0.2, 0.25) is 11.0 Å². The van der Waals surface area contributed by atoms with Gasteiger partial charge < -0.3 is 4.98 Å². The van der Waals surface area contributed by atoms with E-state index in [0.29, 0.717) is 20.5 Å². The van der Waals surface area contributed by atoms with Crippen molar-refractivity contribution in [3.05, 3.63) is 50.1 Å². The molecular formula is C23H23N5O2S3. The third-order valence-electron chi connectivity index (χ3n) is 5.60. The van der Waals surface area contributed by atoms with E-state index >= 15 is 0 Å². The maximum atomic E-state index is 12.9. The van der Waals surface area contributed by atoms with Crippen LogP contribution < -0.4 is 10.9 Å². The van der Waals surface area contributed by atoms with Crippen molar-refractivity contribution in [3.8, 4) is 11.1 Å². The summed E-state index contributed by atoms with van der Waals surface area (Å²) < 4.78 is 0. The Bertz CT molecular complexity index is 1390. The number of rotatable bonds is 6. The van der Waals surface area contributed by atoms with Crippen LogP contribution in [0.25, 0.3) is 21.3 Å². The number of aromatic nitrogens is 4. The van der Waals surface area contributed by atoms with Crippen molar-refractivity contribution in [2.45, 2.75) is 50.6 Å². The number of thioether (sulfide) groups is 1. The maximum absolute atomic E-state index is 12.9. The molecule has 5 rings (SSSR count).